The first kappa shape index (κ1) is 22.8. The Labute approximate surface area is 175 Å². The first-order valence-corrected chi connectivity index (χ1v) is 8.79. The second kappa shape index (κ2) is 11.4. The quantitative estimate of drug-likeness (QED) is 0.371. The van der Waals surface area contributed by atoms with E-state index in [1.165, 1.54) is 12.1 Å². The molecule has 2 rings (SSSR count). The van der Waals surface area contributed by atoms with Gasteiger partial charge in [0.2, 0.25) is 0 Å². The highest BCUT2D eigenvalue weighted by atomic mass is 127. The molecule has 1 aromatic carbocycles. The highest BCUT2D eigenvalue weighted by molar-refractivity contribution is 14.0. The summed E-state index contributed by atoms with van der Waals surface area (Å²) in [7, 11) is 0. The van der Waals surface area contributed by atoms with E-state index in [1.54, 1.807) is 17.9 Å². The number of ether oxygens (including phenoxy) is 1. The Kier molecular flexibility index (Phi) is 10.0. The van der Waals surface area contributed by atoms with Gasteiger partial charge in [-0.2, -0.15) is 0 Å². The van der Waals surface area contributed by atoms with Gasteiger partial charge in [0.25, 0.3) is 0 Å². The number of nitrogens with one attached hydrogen (secondary N) is 1. The summed E-state index contributed by atoms with van der Waals surface area (Å²) >= 11 is 5.98. The van der Waals surface area contributed by atoms with Gasteiger partial charge < -0.3 is 20.7 Å². The van der Waals surface area contributed by atoms with Crippen LogP contribution in [-0.2, 0) is 11.2 Å². The zero-order valence-corrected chi connectivity index (χ0v) is 17.8. The average Bonchev–Trinajstić information content (AvgIpc) is 2.57. The first-order chi connectivity index (χ1) is 12.0. The number of hydrogen-bond donors (Lipinski definition) is 2. The standard InChI is InChI=1S/C17H24ClFN4O2.HI/c1-2-25-17(24)23-9-6-14(7-10-23)22-16(20)21-8-5-12-3-4-13(19)11-15(12)18;/h3-4,11,14H,2,5-10H2,1H3,(H3,20,21,22);1H. The lowest BCUT2D eigenvalue weighted by Gasteiger charge is -2.31. The summed E-state index contributed by atoms with van der Waals surface area (Å²) in [5, 5.41) is 3.57. The van der Waals surface area contributed by atoms with Gasteiger partial charge in [0, 0.05) is 30.7 Å². The molecule has 0 aromatic heterocycles. The molecule has 0 aliphatic carbocycles. The molecule has 1 aliphatic rings. The summed E-state index contributed by atoms with van der Waals surface area (Å²) in [6.07, 6.45) is 1.90. The minimum atomic E-state index is -0.354. The molecule has 0 unspecified atom stereocenters. The Hall–Kier alpha value is -1.29. The molecular formula is C17H25ClFIN4O2. The molecule has 1 heterocycles. The van der Waals surface area contributed by atoms with Crippen LogP contribution in [0.2, 0.25) is 5.02 Å². The summed E-state index contributed by atoms with van der Waals surface area (Å²) in [5.74, 6) is 0.0143. The van der Waals surface area contributed by atoms with E-state index in [2.05, 4.69) is 10.3 Å². The van der Waals surface area contributed by atoms with Crippen LogP contribution in [0.15, 0.2) is 23.2 Å². The van der Waals surface area contributed by atoms with Crippen molar-refractivity contribution in [2.45, 2.75) is 32.2 Å². The predicted octanol–water partition coefficient (Wildman–Crippen LogP) is 3.16. The van der Waals surface area contributed by atoms with Gasteiger partial charge in [0.15, 0.2) is 5.96 Å². The van der Waals surface area contributed by atoms with E-state index in [0.29, 0.717) is 43.6 Å². The van der Waals surface area contributed by atoms with E-state index in [-0.39, 0.29) is 41.9 Å². The van der Waals surface area contributed by atoms with Crippen molar-refractivity contribution in [3.05, 3.63) is 34.6 Å². The molecule has 1 aliphatic heterocycles. The second-order valence-corrected chi connectivity index (χ2v) is 6.26. The molecule has 0 atom stereocenters. The monoisotopic (exact) mass is 498 g/mol. The Bertz CT molecular complexity index is 625. The third kappa shape index (κ3) is 7.14. The van der Waals surface area contributed by atoms with Gasteiger partial charge >= 0.3 is 6.09 Å². The molecule has 1 amide bonds. The molecule has 1 aromatic rings. The SMILES string of the molecule is CCOC(=O)N1CCC(NC(N)=NCCc2ccc(F)cc2Cl)CC1.I. The summed E-state index contributed by atoms with van der Waals surface area (Å²) in [6.45, 7) is 3.91. The maximum atomic E-state index is 13.0. The topological polar surface area (TPSA) is 80.0 Å². The van der Waals surface area contributed by atoms with Gasteiger partial charge in [0.05, 0.1) is 6.61 Å². The van der Waals surface area contributed by atoms with Crippen LogP contribution in [0, 0.1) is 5.82 Å². The van der Waals surface area contributed by atoms with Crippen molar-refractivity contribution >= 4 is 47.6 Å². The van der Waals surface area contributed by atoms with Crippen LogP contribution in [-0.4, -0.2) is 49.2 Å². The number of carbonyl (C=O) groups excluding carboxylic acids is 1. The van der Waals surface area contributed by atoms with Crippen LogP contribution in [0.3, 0.4) is 0 Å². The lowest BCUT2D eigenvalue weighted by Crippen LogP contribution is -2.48. The minimum absolute atomic E-state index is 0. The van der Waals surface area contributed by atoms with E-state index in [1.807, 2.05) is 0 Å². The van der Waals surface area contributed by atoms with E-state index in [0.717, 1.165) is 18.4 Å². The van der Waals surface area contributed by atoms with E-state index in [4.69, 9.17) is 22.1 Å². The number of piperidine rings is 1. The number of amides is 1. The fraction of sp³-hybridized carbons (Fsp3) is 0.529. The Morgan fingerprint density at radius 3 is 2.77 bits per heavy atom. The number of benzene rings is 1. The molecule has 26 heavy (non-hydrogen) atoms. The van der Waals surface area contributed by atoms with Gasteiger partial charge in [-0.05, 0) is 43.9 Å². The molecule has 0 radical (unpaired) electrons. The van der Waals surface area contributed by atoms with E-state index in [9.17, 15) is 9.18 Å². The third-order valence-corrected chi connectivity index (χ3v) is 4.40. The fourth-order valence-electron chi connectivity index (χ4n) is 2.70. The van der Waals surface area contributed by atoms with Gasteiger partial charge in [-0.25, -0.2) is 9.18 Å². The number of nitrogens with two attached hydrogens (primary N) is 1. The van der Waals surface area contributed by atoms with Crippen LogP contribution in [0.1, 0.15) is 25.3 Å². The number of halogens is 3. The van der Waals surface area contributed by atoms with Gasteiger partial charge in [-0.15, -0.1) is 24.0 Å². The van der Waals surface area contributed by atoms with Crippen LogP contribution in [0.25, 0.3) is 0 Å². The predicted molar refractivity (Wildman–Crippen MR) is 112 cm³/mol. The highest BCUT2D eigenvalue weighted by Gasteiger charge is 2.23. The maximum Gasteiger partial charge on any atom is 0.409 e. The summed E-state index contributed by atoms with van der Waals surface area (Å²) in [4.78, 5) is 17.6. The van der Waals surface area contributed by atoms with Crippen molar-refractivity contribution in [1.29, 1.82) is 0 Å². The van der Waals surface area contributed by atoms with Crippen molar-refractivity contribution in [2.75, 3.05) is 26.2 Å². The number of rotatable bonds is 5. The van der Waals surface area contributed by atoms with Crippen molar-refractivity contribution in [2.24, 2.45) is 10.7 Å². The molecule has 1 saturated heterocycles. The highest BCUT2D eigenvalue weighted by Crippen LogP contribution is 2.17. The summed E-state index contributed by atoms with van der Waals surface area (Å²) < 4.78 is 18.0. The molecule has 0 bridgehead atoms. The van der Waals surface area contributed by atoms with Gasteiger partial charge in [0.1, 0.15) is 5.82 Å². The van der Waals surface area contributed by atoms with Crippen LogP contribution in [0.5, 0.6) is 0 Å². The number of guanidine groups is 1. The van der Waals surface area contributed by atoms with Crippen LogP contribution < -0.4 is 11.1 Å². The number of likely N-dealkylation sites (tertiary alicyclic amines) is 1. The number of aliphatic imine (C=N–C) groups is 1. The smallest absolute Gasteiger partial charge is 0.409 e. The van der Waals surface area contributed by atoms with Gasteiger partial charge in [-0.3, -0.25) is 4.99 Å². The largest absolute Gasteiger partial charge is 0.450 e. The zero-order chi connectivity index (χ0) is 18.2. The van der Waals surface area contributed by atoms with Crippen molar-refractivity contribution in [1.82, 2.24) is 10.2 Å². The van der Waals surface area contributed by atoms with Crippen molar-refractivity contribution in [3.8, 4) is 0 Å². The number of hydrogen-bond acceptors (Lipinski definition) is 3. The second-order valence-electron chi connectivity index (χ2n) is 5.86. The molecular weight excluding hydrogens is 474 g/mol. The number of nitrogens with zero attached hydrogens (tertiary/aromatic N) is 2. The number of carbonyl (C=O) groups is 1. The first-order valence-electron chi connectivity index (χ1n) is 8.41. The zero-order valence-electron chi connectivity index (χ0n) is 14.7. The molecule has 6 nitrogen and oxygen atoms in total. The lowest BCUT2D eigenvalue weighted by molar-refractivity contribution is 0.0963. The Morgan fingerprint density at radius 2 is 2.15 bits per heavy atom. The Morgan fingerprint density at radius 1 is 1.46 bits per heavy atom. The molecule has 146 valence electrons. The minimum Gasteiger partial charge on any atom is -0.450 e. The third-order valence-electron chi connectivity index (χ3n) is 4.05. The molecule has 0 spiro atoms. The van der Waals surface area contributed by atoms with E-state index >= 15 is 0 Å². The molecule has 0 saturated carbocycles. The fourth-order valence-corrected chi connectivity index (χ4v) is 2.96. The van der Waals surface area contributed by atoms with E-state index < -0.39 is 0 Å². The average molecular weight is 499 g/mol. The normalized spacial score (nSPS) is 15.3. The summed E-state index contributed by atoms with van der Waals surface area (Å²) in [5.41, 5.74) is 6.75. The molecule has 9 heteroatoms. The van der Waals surface area contributed by atoms with Crippen LogP contribution >= 0.6 is 35.6 Å². The summed E-state index contributed by atoms with van der Waals surface area (Å²) in [6, 6.07) is 4.51. The van der Waals surface area contributed by atoms with Crippen molar-refractivity contribution in [3.63, 3.8) is 0 Å². The maximum absolute atomic E-state index is 13.0. The van der Waals surface area contributed by atoms with Crippen molar-refractivity contribution < 1.29 is 13.9 Å². The molecule has 3 N–H and O–H groups in total. The van der Waals surface area contributed by atoms with Crippen LogP contribution in [0.4, 0.5) is 9.18 Å². The molecule has 1 fully saturated rings. The lowest BCUT2D eigenvalue weighted by atomic mass is 10.1. The Balaban J connectivity index is 0.00000338. The van der Waals surface area contributed by atoms with Gasteiger partial charge in [-0.1, -0.05) is 17.7 Å².